The van der Waals surface area contributed by atoms with Crippen LogP contribution in [0.2, 0.25) is 0 Å². The van der Waals surface area contributed by atoms with Gasteiger partial charge in [0.1, 0.15) is 0 Å². The summed E-state index contributed by atoms with van der Waals surface area (Å²) in [5, 5.41) is 0. The molecule has 0 aromatic heterocycles. The minimum atomic E-state index is -3.38. The zero-order valence-corrected chi connectivity index (χ0v) is 18.3. The van der Waals surface area contributed by atoms with E-state index in [0.29, 0.717) is 19.8 Å². The lowest BCUT2D eigenvalue weighted by Crippen LogP contribution is -2.04. The number of phosphoric ester groups is 1. The van der Waals surface area contributed by atoms with E-state index < -0.39 is 7.82 Å². The van der Waals surface area contributed by atoms with Crippen molar-refractivity contribution in [2.24, 2.45) is 11.8 Å². The van der Waals surface area contributed by atoms with Gasteiger partial charge in [0.25, 0.3) is 0 Å². The average molecular weight is 379 g/mol. The molecule has 0 radical (unpaired) electrons. The van der Waals surface area contributed by atoms with Crippen molar-refractivity contribution in [3.8, 4) is 0 Å². The lowest BCUT2D eigenvalue weighted by atomic mass is 10.1. The molecule has 0 bridgehead atoms. The molecule has 0 heterocycles. The monoisotopic (exact) mass is 378 g/mol. The Morgan fingerprint density at radius 3 is 1.40 bits per heavy atom. The van der Waals surface area contributed by atoms with Gasteiger partial charge in [0.15, 0.2) is 0 Å². The normalized spacial score (nSPS) is 12.4. The zero-order chi connectivity index (χ0) is 19.0. The van der Waals surface area contributed by atoms with E-state index in [1.807, 2.05) is 0 Å². The molecular formula is C20H43O4P. The minimum Gasteiger partial charge on any atom is -0.287 e. The van der Waals surface area contributed by atoms with Crippen LogP contribution in [-0.2, 0) is 18.1 Å². The van der Waals surface area contributed by atoms with E-state index in [0.717, 1.165) is 50.4 Å². The van der Waals surface area contributed by atoms with E-state index in [1.54, 1.807) is 0 Å². The second-order valence-electron chi connectivity index (χ2n) is 7.79. The Balaban J connectivity index is 4.00. The van der Waals surface area contributed by atoms with Crippen LogP contribution in [0.3, 0.4) is 0 Å². The van der Waals surface area contributed by atoms with E-state index >= 15 is 0 Å². The Bertz CT molecular complexity index is 308. The topological polar surface area (TPSA) is 44.8 Å². The summed E-state index contributed by atoms with van der Waals surface area (Å²) in [6.45, 7) is 12.4. The number of phosphoric acid groups is 1. The maximum Gasteiger partial charge on any atom is 0.474 e. The van der Waals surface area contributed by atoms with Gasteiger partial charge in [0, 0.05) is 0 Å². The van der Waals surface area contributed by atoms with Crippen molar-refractivity contribution >= 4 is 7.82 Å². The summed E-state index contributed by atoms with van der Waals surface area (Å²) in [7, 11) is -3.38. The van der Waals surface area contributed by atoms with Crippen molar-refractivity contribution in [2.45, 2.75) is 98.8 Å². The minimum absolute atomic E-state index is 0.439. The molecule has 4 nitrogen and oxygen atoms in total. The van der Waals surface area contributed by atoms with Crippen LogP contribution in [0.1, 0.15) is 98.8 Å². The van der Waals surface area contributed by atoms with Crippen LogP contribution < -0.4 is 0 Å². The predicted octanol–water partition coefficient (Wildman–Crippen LogP) is 7.38. The first-order valence-electron chi connectivity index (χ1n) is 10.4. The van der Waals surface area contributed by atoms with Crippen molar-refractivity contribution in [3.63, 3.8) is 0 Å². The zero-order valence-electron chi connectivity index (χ0n) is 17.4. The van der Waals surface area contributed by atoms with Crippen molar-refractivity contribution in [1.29, 1.82) is 0 Å². The first-order chi connectivity index (χ1) is 11.9. The molecule has 0 atom stereocenters. The van der Waals surface area contributed by atoms with Crippen molar-refractivity contribution < 1.29 is 18.1 Å². The fourth-order valence-corrected chi connectivity index (χ4v) is 3.73. The quantitative estimate of drug-likeness (QED) is 0.184. The van der Waals surface area contributed by atoms with E-state index in [-0.39, 0.29) is 0 Å². The van der Waals surface area contributed by atoms with E-state index in [2.05, 4.69) is 34.6 Å². The molecule has 5 heteroatoms. The number of rotatable bonds is 18. The van der Waals surface area contributed by atoms with Crippen LogP contribution >= 0.6 is 7.82 Å². The van der Waals surface area contributed by atoms with Crippen LogP contribution in [0, 0.1) is 11.8 Å². The van der Waals surface area contributed by atoms with Gasteiger partial charge in [0.2, 0.25) is 0 Å². The maximum absolute atomic E-state index is 12.7. The molecule has 0 aliphatic rings. The second kappa shape index (κ2) is 16.3. The molecule has 25 heavy (non-hydrogen) atoms. The molecule has 0 aliphatic heterocycles. The smallest absolute Gasteiger partial charge is 0.287 e. The first kappa shape index (κ1) is 25.1. The molecular weight excluding hydrogens is 335 g/mol. The van der Waals surface area contributed by atoms with Crippen LogP contribution in [0.5, 0.6) is 0 Å². The molecule has 0 N–H and O–H groups in total. The Kier molecular flexibility index (Phi) is 16.4. The third-order valence-electron chi connectivity index (χ3n) is 4.10. The summed E-state index contributed by atoms with van der Waals surface area (Å²) >= 11 is 0. The average Bonchev–Trinajstić information content (AvgIpc) is 2.54. The lowest BCUT2D eigenvalue weighted by Gasteiger charge is -2.18. The highest BCUT2D eigenvalue weighted by molar-refractivity contribution is 7.48. The van der Waals surface area contributed by atoms with Gasteiger partial charge in [-0.2, -0.15) is 0 Å². The summed E-state index contributed by atoms with van der Waals surface area (Å²) < 4.78 is 29.3. The van der Waals surface area contributed by atoms with Crippen LogP contribution in [0.15, 0.2) is 0 Å². The predicted molar refractivity (Wildman–Crippen MR) is 107 cm³/mol. The fraction of sp³-hybridized carbons (Fsp3) is 1.00. The van der Waals surface area contributed by atoms with Gasteiger partial charge >= 0.3 is 7.82 Å². The summed E-state index contributed by atoms with van der Waals surface area (Å²) in [6.07, 6.45) is 10.7. The van der Waals surface area contributed by atoms with E-state index in [1.165, 1.54) is 25.7 Å². The standard InChI is InChI=1S/C20H43O4P/c1-6-7-16-22-25(21,23-17-12-8-10-14-19(2)3)24-18-13-9-11-15-20(4)5/h19-20H,6-18H2,1-5H3. The van der Waals surface area contributed by atoms with Crippen LogP contribution in [-0.4, -0.2) is 19.8 Å². The summed E-state index contributed by atoms with van der Waals surface area (Å²) in [5.74, 6) is 1.48. The molecule has 0 aromatic carbocycles. The molecule has 0 aliphatic carbocycles. The Hall–Kier alpha value is 0.110. The van der Waals surface area contributed by atoms with Gasteiger partial charge in [0.05, 0.1) is 19.8 Å². The second-order valence-corrected chi connectivity index (χ2v) is 9.46. The van der Waals surface area contributed by atoms with Gasteiger partial charge in [-0.05, 0) is 31.1 Å². The largest absolute Gasteiger partial charge is 0.474 e. The van der Waals surface area contributed by atoms with Gasteiger partial charge in [-0.1, -0.05) is 79.6 Å². The van der Waals surface area contributed by atoms with Crippen molar-refractivity contribution in [1.82, 2.24) is 0 Å². The molecule has 0 spiro atoms. The highest BCUT2D eigenvalue weighted by atomic mass is 31.2. The number of hydrogen-bond donors (Lipinski definition) is 0. The number of unbranched alkanes of at least 4 members (excludes halogenated alkanes) is 5. The van der Waals surface area contributed by atoms with E-state index in [4.69, 9.17) is 13.6 Å². The SMILES string of the molecule is CCCCOP(=O)(OCCCCCC(C)C)OCCCCCC(C)C. The maximum atomic E-state index is 12.7. The molecule has 0 fully saturated rings. The Morgan fingerprint density at radius 2 is 1.04 bits per heavy atom. The molecule has 0 rings (SSSR count). The van der Waals surface area contributed by atoms with Crippen LogP contribution in [0.4, 0.5) is 0 Å². The first-order valence-corrected chi connectivity index (χ1v) is 11.9. The summed E-state index contributed by atoms with van der Waals surface area (Å²) in [4.78, 5) is 0. The summed E-state index contributed by atoms with van der Waals surface area (Å²) in [6, 6.07) is 0. The lowest BCUT2D eigenvalue weighted by molar-refractivity contribution is 0.109. The molecule has 152 valence electrons. The highest BCUT2D eigenvalue weighted by Crippen LogP contribution is 2.49. The molecule has 0 amide bonds. The fourth-order valence-electron chi connectivity index (χ4n) is 2.45. The molecule has 0 aromatic rings. The summed E-state index contributed by atoms with van der Waals surface area (Å²) in [5.41, 5.74) is 0. The van der Waals surface area contributed by atoms with Gasteiger partial charge in [-0.3, -0.25) is 13.6 Å². The van der Waals surface area contributed by atoms with Gasteiger partial charge in [-0.25, -0.2) is 4.57 Å². The van der Waals surface area contributed by atoms with Gasteiger partial charge < -0.3 is 0 Å². The van der Waals surface area contributed by atoms with Crippen molar-refractivity contribution in [2.75, 3.05) is 19.8 Å². The molecule has 0 saturated heterocycles. The Morgan fingerprint density at radius 1 is 0.640 bits per heavy atom. The molecule has 0 unspecified atom stereocenters. The molecule has 0 saturated carbocycles. The third kappa shape index (κ3) is 17.3. The highest BCUT2D eigenvalue weighted by Gasteiger charge is 2.26. The third-order valence-corrected chi connectivity index (χ3v) is 5.59. The van der Waals surface area contributed by atoms with Crippen LogP contribution in [0.25, 0.3) is 0 Å². The van der Waals surface area contributed by atoms with Gasteiger partial charge in [-0.15, -0.1) is 0 Å². The van der Waals surface area contributed by atoms with E-state index in [9.17, 15) is 4.57 Å². The Labute approximate surface area is 157 Å². The number of hydrogen-bond acceptors (Lipinski definition) is 4. The van der Waals surface area contributed by atoms with Crippen molar-refractivity contribution in [3.05, 3.63) is 0 Å².